The van der Waals surface area contributed by atoms with Crippen LogP contribution >= 0.6 is 11.3 Å². The Kier molecular flexibility index (Phi) is 5.82. The van der Waals surface area contributed by atoms with E-state index in [2.05, 4.69) is 5.38 Å². The number of carbonyl (C=O) groups is 1. The quantitative estimate of drug-likeness (QED) is 0.513. The van der Waals surface area contributed by atoms with E-state index in [1.807, 2.05) is 42.0 Å². The van der Waals surface area contributed by atoms with E-state index in [1.54, 1.807) is 27.7 Å². The van der Waals surface area contributed by atoms with Crippen LogP contribution in [0.2, 0.25) is 0 Å². The van der Waals surface area contributed by atoms with Gasteiger partial charge in [-0.1, -0.05) is 12.1 Å². The Hall–Kier alpha value is -2.58. The molecule has 166 valence electrons. The summed E-state index contributed by atoms with van der Waals surface area (Å²) in [6, 6.07) is 8.58. The molecule has 0 N–H and O–H groups in total. The monoisotopic (exact) mass is 469 g/mol. The molecule has 5 nitrogen and oxygen atoms in total. The van der Waals surface area contributed by atoms with Crippen LogP contribution < -0.4 is 0 Å². The molecule has 1 amide bonds. The molecule has 0 radical (unpaired) electrons. The van der Waals surface area contributed by atoms with Crippen molar-refractivity contribution in [1.82, 2.24) is 14.5 Å². The highest BCUT2D eigenvalue weighted by molar-refractivity contribution is 7.88. The molecule has 8 heteroatoms. The minimum Gasteiger partial charge on any atom is -0.328 e. The zero-order valence-electron chi connectivity index (χ0n) is 17.7. The molecule has 0 saturated heterocycles. The van der Waals surface area contributed by atoms with Crippen LogP contribution in [0.4, 0.5) is 4.39 Å². The van der Waals surface area contributed by atoms with Gasteiger partial charge in [0.15, 0.2) is 0 Å². The molecule has 1 aliphatic carbocycles. The van der Waals surface area contributed by atoms with Crippen molar-refractivity contribution in [2.75, 3.05) is 5.75 Å². The average molecular weight is 470 g/mol. The van der Waals surface area contributed by atoms with Gasteiger partial charge in [0.1, 0.15) is 10.8 Å². The van der Waals surface area contributed by atoms with Gasteiger partial charge >= 0.3 is 0 Å². The topological polar surface area (TPSA) is 55.2 Å². The van der Waals surface area contributed by atoms with Crippen LogP contribution in [0.5, 0.6) is 0 Å². The van der Waals surface area contributed by atoms with Gasteiger partial charge in [-0.15, -0.1) is 11.3 Å². The van der Waals surface area contributed by atoms with Gasteiger partial charge in [-0.05, 0) is 49.6 Å². The molecular weight excluding hydrogens is 445 g/mol. The van der Waals surface area contributed by atoms with Crippen molar-refractivity contribution in [2.24, 2.45) is 0 Å². The van der Waals surface area contributed by atoms with Gasteiger partial charge in [0, 0.05) is 45.1 Å². The summed E-state index contributed by atoms with van der Waals surface area (Å²) in [4.78, 5) is 19.7. The van der Waals surface area contributed by atoms with Crippen LogP contribution in [0.25, 0.3) is 5.69 Å². The molecule has 1 aromatic carbocycles. The van der Waals surface area contributed by atoms with Crippen LogP contribution in [-0.2, 0) is 28.6 Å². The first-order valence-corrected chi connectivity index (χ1v) is 13.0. The summed E-state index contributed by atoms with van der Waals surface area (Å²) in [6.07, 6.45) is 6.00. The maximum atomic E-state index is 14.9. The second-order valence-corrected chi connectivity index (χ2v) is 10.7. The average Bonchev–Trinajstić information content (AvgIpc) is 3.13. The number of carbonyl (C=O) groups excluding carboxylic acids is 1. The normalized spacial score (nSPS) is 20.1. The van der Waals surface area contributed by atoms with Crippen LogP contribution in [0.1, 0.15) is 40.7 Å². The van der Waals surface area contributed by atoms with Crippen LogP contribution in [0.15, 0.2) is 53.4 Å². The van der Waals surface area contributed by atoms with Gasteiger partial charge in [-0.25, -0.2) is 9.37 Å². The van der Waals surface area contributed by atoms with E-state index in [0.29, 0.717) is 23.8 Å². The second-order valence-electron chi connectivity index (χ2n) is 8.38. The van der Waals surface area contributed by atoms with Crippen molar-refractivity contribution in [1.29, 1.82) is 0 Å². The summed E-state index contributed by atoms with van der Waals surface area (Å²) in [5.74, 6) is 0.339. The lowest BCUT2D eigenvalue weighted by Crippen LogP contribution is -2.41. The van der Waals surface area contributed by atoms with E-state index in [1.165, 1.54) is 18.9 Å². The highest BCUT2D eigenvalue weighted by atomic mass is 32.2. The lowest BCUT2D eigenvalue weighted by atomic mass is 10.1. The number of rotatable bonds is 7. The van der Waals surface area contributed by atoms with Gasteiger partial charge in [0.2, 0.25) is 5.91 Å². The maximum absolute atomic E-state index is 14.9. The largest absolute Gasteiger partial charge is 0.328 e. The smallest absolute Gasteiger partial charge is 0.228 e. The van der Waals surface area contributed by atoms with Crippen LogP contribution in [0, 0.1) is 12.7 Å². The number of aryl methyl sites for hydroxylation is 1. The van der Waals surface area contributed by atoms with Crippen LogP contribution in [0.3, 0.4) is 0 Å². The highest BCUT2D eigenvalue weighted by Gasteiger charge is 2.30. The first kappa shape index (κ1) is 21.3. The van der Waals surface area contributed by atoms with Gasteiger partial charge in [-0.2, -0.15) is 0 Å². The number of amides is 1. The predicted molar refractivity (Wildman–Crippen MR) is 125 cm³/mol. The number of nitrogens with zero attached hydrogens (tertiary/aromatic N) is 3. The Morgan fingerprint density at radius 1 is 1.34 bits per heavy atom. The lowest BCUT2D eigenvalue weighted by molar-refractivity contribution is -0.132. The van der Waals surface area contributed by atoms with Crippen molar-refractivity contribution in [3.8, 4) is 5.69 Å². The Balaban J connectivity index is 1.35. The van der Waals surface area contributed by atoms with Crippen molar-refractivity contribution < 1.29 is 13.4 Å². The van der Waals surface area contributed by atoms with Gasteiger partial charge in [0.05, 0.1) is 30.5 Å². The SMILES string of the molecule is Cc1cccn1-c1ccc(CC(=O)N(Cc2nc(C3CC3)cs2)C2C=CS(=O)C2)c(F)c1. The van der Waals surface area contributed by atoms with E-state index in [9.17, 15) is 13.4 Å². The Labute approximate surface area is 193 Å². The van der Waals surface area contributed by atoms with Gasteiger partial charge in [0.25, 0.3) is 0 Å². The Morgan fingerprint density at radius 2 is 2.19 bits per heavy atom. The number of hydrogen-bond donors (Lipinski definition) is 0. The molecule has 3 heterocycles. The zero-order chi connectivity index (χ0) is 22.2. The molecule has 0 spiro atoms. The third-order valence-electron chi connectivity index (χ3n) is 5.99. The third-order valence-corrected chi connectivity index (χ3v) is 7.97. The maximum Gasteiger partial charge on any atom is 0.228 e. The van der Waals surface area contributed by atoms with E-state index < -0.39 is 16.6 Å². The van der Waals surface area contributed by atoms with Crippen LogP contribution in [-0.4, -0.2) is 36.4 Å². The number of thiazole rings is 1. The standard InChI is InChI=1S/C24H24FN3O2S2/c1-16-3-2-9-27(16)19-7-6-18(21(25)12-19)11-24(29)28(20-8-10-32(30)15-20)13-23-26-22(14-31-23)17-4-5-17/h2-3,6-10,12,14,17,20H,4-5,11,13,15H2,1H3. The molecule has 0 bridgehead atoms. The molecule has 1 aliphatic heterocycles. The molecular formula is C24H24FN3O2S2. The summed E-state index contributed by atoms with van der Waals surface area (Å²) in [5, 5.41) is 4.57. The van der Waals surface area contributed by atoms with Crippen molar-refractivity contribution in [3.05, 3.63) is 81.2 Å². The lowest BCUT2D eigenvalue weighted by Gasteiger charge is -2.27. The van der Waals surface area contributed by atoms with E-state index >= 15 is 0 Å². The second kappa shape index (κ2) is 8.75. The minimum absolute atomic E-state index is 0.0470. The fraction of sp³-hybridized carbons (Fsp3) is 0.333. The number of aromatic nitrogens is 2. The van der Waals surface area contributed by atoms with E-state index in [0.717, 1.165) is 22.1 Å². The van der Waals surface area contributed by atoms with Gasteiger partial charge < -0.3 is 9.47 Å². The van der Waals surface area contributed by atoms with Crippen molar-refractivity contribution in [3.63, 3.8) is 0 Å². The molecule has 1 fully saturated rings. The Morgan fingerprint density at radius 3 is 2.84 bits per heavy atom. The molecule has 2 aliphatic rings. The fourth-order valence-corrected chi connectivity index (χ4v) is 5.97. The third kappa shape index (κ3) is 4.47. The molecule has 2 atom stereocenters. The van der Waals surface area contributed by atoms with Crippen molar-refractivity contribution in [2.45, 2.75) is 44.7 Å². The predicted octanol–water partition coefficient (Wildman–Crippen LogP) is 4.47. The Bertz CT molecular complexity index is 1210. The van der Waals surface area contributed by atoms with Crippen molar-refractivity contribution >= 4 is 28.0 Å². The van der Waals surface area contributed by atoms with E-state index in [4.69, 9.17) is 4.98 Å². The summed E-state index contributed by atoms with van der Waals surface area (Å²) < 4.78 is 28.7. The summed E-state index contributed by atoms with van der Waals surface area (Å²) >= 11 is 1.55. The zero-order valence-corrected chi connectivity index (χ0v) is 19.4. The molecule has 2 unspecified atom stereocenters. The highest BCUT2D eigenvalue weighted by Crippen LogP contribution is 2.40. The molecule has 5 rings (SSSR count). The number of halogens is 1. The summed E-state index contributed by atoms with van der Waals surface area (Å²) in [6.45, 7) is 2.31. The number of hydrogen-bond acceptors (Lipinski definition) is 4. The molecule has 2 aromatic heterocycles. The number of benzene rings is 1. The first-order valence-electron chi connectivity index (χ1n) is 10.7. The summed E-state index contributed by atoms with van der Waals surface area (Å²) in [5.41, 5.74) is 3.19. The summed E-state index contributed by atoms with van der Waals surface area (Å²) in [7, 11) is -1.08. The first-order chi connectivity index (χ1) is 15.5. The fourth-order valence-electron chi connectivity index (χ4n) is 4.00. The molecule has 1 saturated carbocycles. The van der Waals surface area contributed by atoms with Gasteiger partial charge in [-0.3, -0.25) is 9.00 Å². The van der Waals surface area contributed by atoms with E-state index in [-0.39, 0.29) is 18.4 Å². The molecule has 32 heavy (non-hydrogen) atoms. The minimum atomic E-state index is -1.08. The molecule has 3 aromatic rings.